The summed E-state index contributed by atoms with van der Waals surface area (Å²) in [7, 11) is -3.95. The summed E-state index contributed by atoms with van der Waals surface area (Å²) in [6.07, 6.45) is 2.88. The summed E-state index contributed by atoms with van der Waals surface area (Å²) in [5, 5.41) is 7.64. The number of nitrogens with zero attached hydrogens (tertiary/aromatic N) is 4. The van der Waals surface area contributed by atoms with E-state index in [4.69, 9.17) is 0 Å². The van der Waals surface area contributed by atoms with Gasteiger partial charge in [0.1, 0.15) is 17.0 Å². The molecule has 0 saturated heterocycles. The third-order valence-electron chi connectivity index (χ3n) is 4.17. The Morgan fingerprint density at radius 1 is 0.963 bits per heavy atom. The Bertz CT molecular complexity index is 1190. The first-order chi connectivity index (χ1) is 13.1. The molecule has 0 unspecified atom stereocenters. The van der Waals surface area contributed by atoms with Gasteiger partial charge in [0.05, 0.1) is 12.2 Å². The molecule has 8 heteroatoms. The van der Waals surface area contributed by atoms with Gasteiger partial charge in [-0.15, -0.1) is 10.2 Å². The first-order valence-electron chi connectivity index (χ1n) is 8.16. The standard InChI is InChI=1S/C19H15FN4O2S/c20-18-9-5-4-6-15(18)12-24(16-7-2-1-3-8-16)27(25,26)17-10-11-19-22-21-14-23(19)13-17/h1-11,13-14H,12H2. The summed E-state index contributed by atoms with van der Waals surface area (Å²) >= 11 is 0. The van der Waals surface area contributed by atoms with Crippen LogP contribution in [0.3, 0.4) is 0 Å². The molecule has 0 aliphatic heterocycles. The summed E-state index contributed by atoms with van der Waals surface area (Å²) in [6, 6.07) is 17.8. The van der Waals surface area contributed by atoms with E-state index in [-0.39, 0.29) is 17.0 Å². The molecule has 27 heavy (non-hydrogen) atoms. The van der Waals surface area contributed by atoms with Crippen molar-refractivity contribution in [2.75, 3.05) is 4.31 Å². The maximum Gasteiger partial charge on any atom is 0.266 e. The predicted octanol–water partition coefficient (Wildman–Crippen LogP) is 3.26. The Balaban J connectivity index is 1.82. The molecule has 0 saturated carbocycles. The Hall–Kier alpha value is -3.26. The molecule has 0 aliphatic carbocycles. The summed E-state index contributed by atoms with van der Waals surface area (Å²) < 4.78 is 43.6. The van der Waals surface area contributed by atoms with Gasteiger partial charge in [0, 0.05) is 11.8 Å². The molecule has 0 radical (unpaired) electrons. The predicted molar refractivity (Wildman–Crippen MR) is 99.2 cm³/mol. The van der Waals surface area contributed by atoms with Gasteiger partial charge in [0.25, 0.3) is 10.0 Å². The lowest BCUT2D eigenvalue weighted by molar-refractivity contribution is 0.585. The average molecular weight is 382 g/mol. The van der Waals surface area contributed by atoms with Crippen LogP contribution in [0.15, 0.2) is 84.1 Å². The molecule has 4 rings (SSSR count). The van der Waals surface area contributed by atoms with Crippen molar-refractivity contribution < 1.29 is 12.8 Å². The van der Waals surface area contributed by atoms with Crippen molar-refractivity contribution in [2.45, 2.75) is 11.4 Å². The minimum Gasteiger partial charge on any atom is -0.288 e. The monoisotopic (exact) mass is 382 g/mol. The van der Waals surface area contributed by atoms with E-state index in [1.165, 1.54) is 33.4 Å². The van der Waals surface area contributed by atoms with Gasteiger partial charge >= 0.3 is 0 Å². The normalized spacial score (nSPS) is 11.6. The highest BCUT2D eigenvalue weighted by Crippen LogP contribution is 2.26. The summed E-state index contributed by atoms with van der Waals surface area (Å²) in [5.41, 5.74) is 1.27. The van der Waals surface area contributed by atoms with Crippen LogP contribution in [0, 0.1) is 5.82 Å². The third kappa shape index (κ3) is 3.26. The fraction of sp³-hybridized carbons (Fsp3) is 0.0526. The molecule has 0 atom stereocenters. The number of benzene rings is 2. The molecule has 0 N–H and O–H groups in total. The van der Waals surface area contributed by atoms with Crippen molar-refractivity contribution in [3.8, 4) is 0 Å². The quantitative estimate of drug-likeness (QED) is 0.531. The second-order valence-electron chi connectivity index (χ2n) is 5.90. The maximum atomic E-state index is 14.2. The second kappa shape index (κ2) is 6.81. The van der Waals surface area contributed by atoms with E-state index in [1.54, 1.807) is 54.6 Å². The molecule has 0 fully saturated rings. The molecule has 2 aromatic heterocycles. The molecule has 0 amide bonds. The number of anilines is 1. The summed E-state index contributed by atoms with van der Waals surface area (Å²) in [6.45, 7) is -0.126. The first kappa shape index (κ1) is 17.2. The van der Waals surface area contributed by atoms with Crippen molar-refractivity contribution in [1.82, 2.24) is 14.6 Å². The van der Waals surface area contributed by atoms with E-state index in [0.717, 1.165) is 0 Å². The van der Waals surface area contributed by atoms with Crippen LogP contribution in [0.5, 0.6) is 0 Å². The van der Waals surface area contributed by atoms with Gasteiger partial charge in [0.15, 0.2) is 5.65 Å². The Morgan fingerprint density at radius 2 is 1.70 bits per heavy atom. The van der Waals surface area contributed by atoms with E-state index in [2.05, 4.69) is 10.2 Å². The number of fused-ring (bicyclic) bond motifs is 1. The Morgan fingerprint density at radius 3 is 2.48 bits per heavy atom. The smallest absolute Gasteiger partial charge is 0.266 e. The lowest BCUT2D eigenvalue weighted by Crippen LogP contribution is -2.31. The number of rotatable bonds is 5. The van der Waals surface area contributed by atoms with Crippen LogP contribution >= 0.6 is 0 Å². The zero-order valence-corrected chi connectivity index (χ0v) is 14.9. The zero-order valence-electron chi connectivity index (χ0n) is 14.1. The van der Waals surface area contributed by atoms with Crippen LogP contribution in [-0.2, 0) is 16.6 Å². The molecular formula is C19H15FN4O2S. The lowest BCUT2D eigenvalue weighted by atomic mass is 10.2. The second-order valence-corrected chi connectivity index (χ2v) is 7.76. The van der Waals surface area contributed by atoms with Gasteiger partial charge in [-0.1, -0.05) is 36.4 Å². The van der Waals surface area contributed by atoms with Gasteiger partial charge in [-0.25, -0.2) is 12.8 Å². The zero-order chi connectivity index (χ0) is 18.9. The molecule has 2 heterocycles. The number of aromatic nitrogens is 3. The molecule has 136 valence electrons. The van der Waals surface area contributed by atoms with E-state index in [0.29, 0.717) is 11.3 Å². The highest BCUT2D eigenvalue weighted by Gasteiger charge is 2.26. The number of pyridine rings is 1. The van der Waals surface area contributed by atoms with E-state index < -0.39 is 15.8 Å². The Labute approximate surface area is 155 Å². The van der Waals surface area contributed by atoms with Gasteiger partial charge in [0.2, 0.25) is 0 Å². The molecule has 6 nitrogen and oxygen atoms in total. The fourth-order valence-electron chi connectivity index (χ4n) is 2.78. The molecule has 0 spiro atoms. The molecule has 0 bridgehead atoms. The van der Waals surface area contributed by atoms with Crippen LogP contribution in [0.25, 0.3) is 5.65 Å². The molecule has 4 aromatic rings. The van der Waals surface area contributed by atoms with E-state index in [9.17, 15) is 12.8 Å². The number of para-hydroxylation sites is 1. The summed E-state index contributed by atoms with van der Waals surface area (Å²) in [4.78, 5) is 0.0648. The van der Waals surface area contributed by atoms with E-state index >= 15 is 0 Å². The van der Waals surface area contributed by atoms with Gasteiger partial charge in [-0.2, -0.15) is 0 Å². The van der Waals surface area contributed by atoms with Crippen molar-refractivity contribution in [3.05, 3.63) is 90.6 Å². The van der Waals surface area contributed by atoms with Crippen LogP contribution < -0.4 is 4.31 Å². The number of halogens is 1. The van der Waals surface area contributed by atoms with Gasteiger partial charge in [-0.3, -0.25) is 8.71 Å². The van der Waals surface area contributed by atoms with Crippen molar-refractivity contribution in [3.63, 3.8) is 0 Å². The molecule has 0 aliphatic rings. The summed E-state index contributed by atoms with van der Waals surface area (Å²) in [5.74, 6) is -0.456. The van der Waals surface area contributed by atoms with Gasteiger partial charge < -0.3 is 0 Å². The number of hydrogen-bond acceptors (Lipinski definition) is 4. The Kier molecular flexibility index (Phi) is 4.33. The van der Waals surface area contributed by atoms with E-state index in [1.807, 2.05) is 0 Å². The van der Waals surface area contributed by atoms with Crippen LogP contribution in [0.4, 0.5) is 10.1 Å². The first-order valence-corrected chi connectivity index (χ1v) is 9.60. The van der Waals surface area contributed by atoms with Crippen LogP contribution in [0.2, 0.25) is 0 Å². The largest absolute Gasteiger partial charge is 0.288 e. The topological polar surface area (TPSA) is 67.6 Å². The molecular weight excluding hydrogens is 367 g/mol. The maximum absolute atomic E-state index is 14.2. The average Bonchev–Trinajstić information content (AvgIpc) is 3.16. The third-order valence-corrected chi connectivity index (χ3v) is 5.93. The number of sulfonamides is 1. The van der Waals surface area contributed by atoms with Crippen molar-refractivity contribution in [1.29, 1.82) is 0 Å². The highest BCUT2D eigenvalue weighted by molar-refractivity contribution is 7.92. The molecule has 2 aromatic carbocycles. The van der Waals surface area contributed by atoms with Crippen molar-refractivity contribution in [2.24, 2.45) is 0 Å². The SMILES string of the molecule is O=S(=O)(c1ccc2nncn2c1)N(Cc1ccccc1F)c1ccccc1. The van der Waals surface area contributed by atoms with Crippen LogP contribution in [-0.4, -0.2) is 23.0 Å². The van der Waals surface area contributed by atoms with Crippen LogP contribution in [0.1, 0.15) is 5.56 Å². The fourth-order valence-corrected chi connectivity index (χ4v) is 4.23. The minimum absolute atomic E-state index is 0.0648. The highest BCUT2D eigenvalue weighted by atomic mass is 32.2. The number of hydrogen-bond donors (Lipinski definition) is 0. The van der Waals surface area contributed by atoms with Gasteiger partial charge in [-0.05, 0) is 30.3 Å². The lowest BCUT2D eigenvalue weighted by Gasteiger charge is -2.25. The van der Waals surface area contributed by atoms with Crippen molar-refractivity contribution >= 4 is 21.4 Å². The minimum atomic E-state index is -3.95.